The van der Waals surface area contributed by atoms with Crippen molar-refractivity contribution in [1.29, 1.82) is 0 Å². The van der Waals surface area contributed by atoms with Crippen molar-refractivity contribution in [1.82, 2.24) is 10.6 Å². The van der Waals surface area contributed by atoms with Gasteiger partial charge in [-0.2, -0.15) is 0 Å². The Kier molecular flexibility index (Phi) is 4.86. The number of carbonyl (C=O) groups excluding carboxylic acids is 1. The second-order valence-corrected chi connectivity index (χ2v) is 2.91. The fraction of sp³-hybridized carbons (Fsp3) is 0.875. The van der Waals surface area contributed by atoms with E-state index in [1.807, 2.05) is 20.8 Å². The normalized spacial score (nSPS) is 13.2. The summed E-state index contributed by atoms with van der Waals surface area (Å²) in [4.78, 5) is 11.2. The molecule has 0 aromatic rings. The van der Waals surface area contributed by atoms with Gasteiger partial charge in [-0.1, -0.05) is 6.92 Å². The Morgan fingerprint density at radius 2 is 2.00 bits per heavy atom. The van der Waals surface area contributed by atoms with Crippen molar-refractivity contribution in [2.24, 2.45) is 0 Å². The van der Waals surface area contributed by atoms with Gasteiger partial charge in [-0.15, -0.1) is 0 Å². The molecular weight excluding hydrogens is 140 g/mol. The molecule has 0 aliphatic rings. The van der Waals surface area contributed by atoms with E-state index in [1.165, 1.54) is 0 Å². The Hall–Kier alpha value is -0.570. The van der Waals surface area contributed by atoms with E-state index in [0.29, 0.717) is 0 Å². The Morgan fingerprint density at radius 3 is 2.27 bits per heavy atom. The van der Waals surface area contributed by atoms with Gasteiger partial charge in [-0.25, -0.2) is 0 Å². The van der Waals surface area contributed by atoms with Gasteiger partial charge in [-0.05, 0) is 27.3 Å². The van der Waals surface area contributed by atoms with Gasteiger partial charge in [-0.3, -0.25) is 4.79 Å². The van der Waals surface area contributed by atoms with Crippen molar-refractivity contribution in [3.63, 3.8) is 0 Å². The first-order valence-corrected chi connectivity index (χ1v) is 4.09. The van der Waals surface area contributed by atoms with Gasteiger partial charge in [0, 0.05) is 6.04 Å². The van der Waals surface area contributed by atoms with Crippen molar-refractivity contribution in [2.45, 2.75) is 39.3 Å². The molecule has 0 saturated carbocycles. The monoisotopic (exact) mass is 158 g/mol. The Bertz CT molecular complexity index is 119. The first-order chi connectivity index (χ1) is 5.11. The third kappa shape index (κ3) is 3.98. The number of carbonyl (C=O) groups is 1. The smallest absolute Gasteiger partial charge is 0.237 e. The van der Waals surface area contributed by atoms with E-state index < -0.39 is 0 Å². The average Bonchev–Trinajstić information content (AvgIpc) is 1.88. The van der Waals surface area contributed by atoms with Gasteiger partial charge in [0.25, 0.3) is 0 Å². The minimum absolute atomic E-state index is 0.0441. The molecule has 0 rings (SSSR count). The number of rotatable bonds is 4. The zero-order valence-corrected chi connectivity index (χ0v) is 7.77. The summed E-state index contributed by atoms with van der Waals surface area (Å²) >= 11 is 0. The van der Waals surface area contributed by atoms with Crippen LogP contribution >= 0.6 is 0 Å². The van der Waals surface area contributed by atoms with Crippen LogP contribution in [-0.2, 0) is 4.79 Å². The Morgan fingerprint density at radius 1 is 1.45 bits per heavy atom. The quantitative estimate of drug-likeness (QED) is 0.626. The van der Waals surface area contributed by atoms with Crippen LogP contribution in [0.25, 0.3) is 0 Å². The molecule has 1 unspecified atom stereocenters. The number of hydrogen-bond acceptors (Lipinski definition) is 2. The number of likely N-dealkylation sites (N-methyl/N-ethyl adjacent to an activating group) is 1. The van der Waals surface area contributed by atoms with Crippen molar-refractivity contribution in [2.75, 3.05) is 7.05 Å². The van der Waals surface area contributed by atoms with Crippen LogP contribution in [0.3, 0.4) is 0 Å². The lowest BCUT2D eigenvalue weighted by Gasteiger charge is -2.15. The highest BCUT2D eigenvalue weighted by atomic mass is 16.2. The third-order valence-corrected chi connectivity index (χ3v) is 1.50. The molecule has 0 aromatic carbocycles. The van der Waals surface area contributed by atoms with Gasteiger partial charge in [0.1, 0.15) is 0 Å². The van der Waals surface area contributed by atoms with E-state index in [0.717, 1.165) is 6.42 Å². The van der Waals surface area contributed by atoms with E-state index in [1.54, 1.807) is 7.05 Å². The first-order valence-electron chi connectivity index (χ1n) is 4.09. The van der Waals surface area contributed by atoms with Crippen molar-refractivity contribution >= 4 is 5.91 Å². The zero-order valence-electron chi connectivity index (χ0n) is 7.77. The topological polar surface area (TPSA) is 41.1 Å². The Balaban J connectivity index is 3.79. The van der Waals surface area contributed by atoms with E-state index in [2.05, 4.69) is 10.6 Å². The second kappa shape index (κ2) is 5.13. The van der Waals surface area contributed by atoms with E-state index in [9.17, 15) is 4.79 Å². The largest absolute Gasteiger partial charge is 0.353 e. The van der Waals surface area contributed by atoms with Crippen LogP contribution < -0.4 is 10.6 Å². The Labute approximate surface area is 68.6 Å². The molecule has 0 heterocycles. The van der Waals surface area contributed by atoms with Crippen LogP contribution in [0, 0.1) is 0 Å². The van der Waals surface area contributed by atoms with E-state index >= 15 is 0 Å². The highest BCUT2D eigenvalue weighted by Gasteiger charge is 2.13. The van der Waals surface area contributed by atoms with Crippen LogP contribution in [0.5, 0.6) is 0 Å². The SMILES string of the molecule is CCC(NC)C(=O)NC(C)C. The van der Waals surface area contributed by atoms with Crippen molar-refractivity contribution < 1.29 is 4.79 Å². The molecule has 3 heteroatoms. The van der Waals surface area contributed by atoms with Crippen molar-refractivity contribution in [3.05, 3.63) is 0 Å². The summed E-state index contributed by atoms with van der Waals surface area (Å²) < 4.78 is 0. The molecule has 0 saturated heterocycles. The van der Waals surface area contributed by atoms with Crippen LogP contribution in [0.1, 0.15) is 27.2 Å². The summed E-state index contributed by atoms with van der Waals surface area (Å²) in [6.07, 6.45) is 0.828. The standard InChI is InChI=1S/C8H18N2O/c1-5-7(9-4)8(11)10-6(2)3/h6-7,9H,5H2,1-4H3,(H,10,11). The summed E-state index contributed by atoms with van der Waals surface area (Å²) in [6.45, 7) is 5.90. The van der Waals surface area contributed by atoms with Crippen LogP contribution in [-0.4, -0.2) is 25.0 Å². The summed E-state index contributed by atoms with van der Waals surface area (Å²) in [5.41, 5.74) is 0. The zero-order chi connectivity index (χ0) is 8.85. The molecule has 0 bridgehead atoms. The molecule has 11 heavy (non-hydrogen) atoms. The maximum atomic E-state index is 11.2. The van der Waals surface area contributed by atoms with Gasteiger partial charge < -0.3 is 10.6 Å². The van der Waals surface area contributed by atoms with Crippen LogP contribution in [0.2, 0.25) is 0 Å². The molecule has 1 amide bonds. The lowest BCUT2D eigenvalue weighted by molar-refractivity contribution is -0.123. The number of amides is 1. The summed E-state index contributed by atoms with van der Waals surface area (Å²) in [6, 6.07) is 0.183. The van der Waals surface area contributed by atoms with Gasteiger partial charge in [0.15, 0.2) is 0 Å². The fourth-order valence-electron chi connectivity index (χ4n) is 0.906. The second-order valence-electron chi connectivity index (χ2n) is 2.91. The predicted octanol–water partition coefficient (Wildman–Crippen LogP) is 0.509. The summed E-state index contributed by atoms with van der Waals surface area (Å²) in [5, 5.41) is 5.79. The highest BCUT2D eigenvalue weighted by Crippen LogP contribution is 1.90. The minimum Gasteiger partial charge on any atom is -0.353 e. The molecule has 0 radical (unpaired) electrons. The molecule has 3 nitrogen and oxygen atoms in total. The molecule has 1 atom stereocenters. The summed E-state index contributed by atoms with van der Waals surface area (Å²) in [5.74, 6) is 0.0880. The van der Waals surface area contributed by atoms with Gasteiger partial charge in [0.05, 0.1) is 6.04 Å². The maximum absolute atomic E-state index is 11.2. The molecule has 0 aliphatic carbocycles. The van der Waals surface area contributed by atoms with E-state index in [4.69, 9.17) is 0 Å². The summed E-state index contributed by atoms with van der Waals surface area (Å²) in [7, 11) is 1.80. The number of hydrogen-bond donors (Lipinski definition) is 2. The lowest BCUT2D eigenvalue weighted by Crippen LogP contribution is -2.44. The molecule has 0 aromatic heterocycles. The first kappa shape index (κ1) is 10.4. The van der Waals surface area contributed by atoms with Crippen molar-refractivity contribution in [3.8, 4) is 0 Å². The predicted molar refractivity (Wildman–Crippen MR) is 46.4 cm³/mol. The van der Waals surface area contributed by atoms with Crippen LogP contribution in [0.4, 0.5) is 0 Å². The molecule has 66 valence electrons. The van der Waals surface area contributed by atoms with Crippen LogP contribution in [0.15, 0.2) is 0 Å². The highest BCUT2D eigenvalue weighted by molar-refractivity contribution is 5.81. The molecule has 0 fully saturated rings. The molecule has 0 spiro atoms. The van der Waals surface area contributed by atoms with E-state index in [-0.39, 0.29) is 18.0 Å². The molecular formula is C8H18N2O. The average molecular weight is 158 g/mol. The van der Waals surface area contributed by atoms with Gasteiger partial charge >= 0.3 is 0 Å². The lowest BCUT2D eigenvalue weighted by atomic mass is 10.2. The minimum atomic E-state index is -0.0441. The maximum Gasteiger partial charge on any atom is 0.237 e. The molecule has 0 aliphatic heterocycles. The fourth-order valence-corrected chi connectivity index (χ4v) is 0.906. The third-order valence-electron chi connectivity index (χ3n) is 1.50. The number of nitrogens with one attached hydrogen (secondary N) is 2. The van der Waals surface area contributed by atoms with Gasteiger partial charge in [0.2, 0.25) is 5.91 Å². The molecule has 2 N–H and O–H groups in total.